The van der Waals surface area contributed by atoms with Crippen LogP contribution in [-0.4, -0.2) is 21.0 Å². The Hall–Kier alpha value is -1.46. The molecule has 1 fully saturated rings. The Balaban J connectivity index is 1.67. The summed E-state index contributed by atoms with van der Waals surface area (Å²) in [4.78, 5) is 0. The summed E-state index contributed by atoms with van der Waals surface area (Å²) in [6.07, 6.45) is 4.34. The zero-order chi connectivity index (χ0) is 13.2. The van der Waals surface area contributed by atoms with E-state index in [1.54, 1.807) is 16.8 Å². The van der Waals surface area contributed by atoms with E-state index in [9.17, 15) is 4.39 Å². The molecule has 100 valence electrons. The average Bonchev–Trinajstić information content (AvgIpc) is 3.13. The molecule has 2 aromatic rings. The van der Waals surface area contributed by atoms with Crippen LogP contribution in [-0.2, 0) is 13.1 Å². The molecule has 1 saturated carbocycles. The monoisotopic (exact) mass is 280 g/mol. The number of nitrogens with one attached hydrogen (secondary N) is 1. The number of halogens is 2. The van der Waals surface area contributed by atoms with Crippen molar-refractivity contribution in [2.45, 2.75) is 32.0 Å². The van der Waals surface area contributed by atoms with Crippen molar-refractivity contribution in [2.75, 3.05) is 0 Å². The van der Waals surface area contributed by atoms with Gasteiger partial charge in [-0.15, -0.1) is 5.10 Å². The van der Waals surface area contributed by atoms with E-state index in [0.29, 0.717) is 18.2 Å². The molecule has 0 spiro atoms. The fourth-order valence-electron chi connectivity index (χ4n) is 1.88. The van der Waals surface area contributed by atoms with Crippen molar-refractivity contribution in [3.63, 3.8) is 0 Å². The van der Waals surface area contributed by atoms with Gasteiger partial charge >= 0.3 is 0 Å². The molecule has 19 heavy (non-hydrogen) atoms. The highest BCUT2D eigenvalue weighted by atomic mass is 35.5. The van der Waals surface area contributed by atoms with Gasteiger partial charge in [-0.3, -0.25) is 0 Å². The quantitative estimate of drug-likeness (QED) is 0.914. The van der Waals surface area contributed by atoms with Gasteiger partial charge in [0.25, 0.3) is 0 Å². The molecule has 6 heteroatoms. The first-order valence-electron chi connectivity index (χ1n) is 6.27. The third kappa shape index (κ3) is 3.11. The maximum absolute atomic E-state index is 13.3. The molecule has 1 aromatic heterocycles. The standard InChI is InChI=1S/C13H14ClFN4/c14-13-9(2-1-3-12(13)15)7-19-8-11(17-18-19)6-16-10-4-5-10/h1-3,8,10,16H,4-7H2. The zero-order valence-electron chi connectivity index (χ0n) is 10.3. The number of hydrogen-bond acceptors (Lipinski definition) is 3. The zero-order valence-corrected chi connectivity index (χ0v) is 11.1. The van der Waals surface area contributed by atoms with E-state index in [1.807, 2.05) is 6.20 Å². The fraction of sp³-hybridized carbons (Fsp3) is 0.385. The molecule has 0 saturated heterocycles. The summed E-state index contributed by atoms with van der Waals surface area (Å²) in [6.45, 7) is 1.15. The largest absolute Gasteiger partial charge is 0.308 e. The minimum Gasteiger partial charge on any atom is -0.308 e. The van der Waals surface area contributed by atoms with Gasteiger partial charge in [0, 0.05) is 12.6 Å². The number of nitrogens with zero attached hydrogens (tertiary/aromatic N) is 3. The predicted molar refractivity (Wildman–Crippen MR) is 70.4 cm³/mol. The summed E-state index contributed by atoms with van der Waals surface area (Å²) in [5.41, 5.74) is 1.59. The number of aromatic nitrogens is 3. The minimum absolute atomic E-state index is 0.149. The molecule has 1 aromatic carbocycles. The van der Waals surface area contributed by atoms with Crippen molar-refractivity contribution in [1.82, 2.24) is 20.3 Å². The van der Waals surface area contributed by atoms with E-state index in [2.05, 4.69) is 15.6 Å². The van der Waals surface area contributed by atoms with Gasteiger partial charge < -0.3 is 5.32 Å². The van der Waals surface area contributed by atoms with Crippen molar-refractivity contribution in [1.29, 1.82) is 0 Å². The molecule has 1 aliphatic rings. The van der Waals surface area contributed by atoms with E-state index in [1.165, 1.54) is 18.9 Å². The molecule has 4 nitrogen and oxygen atoms in total. The molecule has 0 bridgehead atoms. The van der Waals surface area contributed by atoms with Gasteiger partial charge in [0.05, 0.1) is 23.5 Å². The van der Waals surface area contributed by atoms with E-state index < -0.39 is 5.82 Å². The van der Waals surface area contributed by atoms with Crippen LogP contribution in [0.15, 0.2) is 24.4 Å². The molecule has 0 radical (unpaired) electrons. The molecule has 1 aliphatic carbocycles. The smallest absolute Gasteiger partial charge is 0.142 e. The number of hydrogen-bond donors (Lipinski definition) is 1. The molecule has 1 N–H and O–H groups in total. The van der Waals surface area contributed by atoms with Crippen LogP contribution in [0.2, 0.25) is 5.02 Å². The average molecular weight is 281 g/mol. The lowest BCUT2D eigenvalue weighted by molar-refractivity contribution is 0.614. The fourth-order valence-corrected chi connectivity index (χ4v) is 2.06. The van der Waals surface area contributed by atoms with Crippen LogP contribution in [0.3, 0.4) is 0 Å². The van der Waals surface area contributed by atoms with Crippen LogP contribution in [0.1, 0.15) is 24.1 Å². The van der Waals surface area contributed by atoms with E-state index in [4.69, 9.17) is 11.6 Å². The van der Waals surface area contributed by atoms with E-state index in [-0.39, 0.29) is 5.02 Å². The molecular weight excluding hydrogens is 267 g/mol. The Morgan fingerprint density at radius 1 is 1.42 bits per heavy atom. The highest BCUT2D eigenvalue weighted by molar-refractivity contribution is 6.31. The van der Waals surface area contributed by atoms with Crippen LogP contribution in [0.5, 0.6) is 0 Å². The number of benzene rings is 1. The molecule has 0 aliphatic heterocycles. The van der Waals surface area contributed by atoms with Gasteiger partial charge in [-0.05, 0) is 24.5 Å². The van der Waals surface area contributed by atoms with Gasteiger partial charge in [-0.2, -0.15) is 0 Å². The predicted octanol–water partition coefficient (Wildman–Crippen LogP) is 2.37. The Kier molecular flexibility index (Phi) is 3.48. The molecule has 0 amide bonds. The molecular formula is C13H14ClFN4. The van der Waals surface area contributed by atoms with Gasteiger partial charge in [-0.25, -0.2) is 9.07 Å². The van der Waals surface area contributed by atoms with Gasteiger partial charge in [0.1, 0.15) is 5.82 Å². The molecule has 3 rings (SSSR count). The van der Waals surface area contributed by atoms with Crippen LogP contribution in [0.4, 0.5) is 4.39 Å². The summed E-state index contributed by atoms with van der Waals surface area (Å²) in [6, 6.07) is 5.42. The summed E-state index contributed by atoms with van der Waals surface area (Å²) in [7, 11) is 0. The van der Waals surface area contributed by atoms with Gasteiger partial charge in [-0.1, -0.05) is 28.9 Å². The topological polar surface area (TPSA) is 42.7 Å². The van der Waals surface area contributed by atoms with Crippen molar-refractivity contribution in [3.05, 3.63) is 46.5 Å². The number of rotatable bonds is 5. The maximum Gasteiger partial charge on any atom is 0.142 e. The third-order valence-corrected chi connectivity index (χ3v) is 3.52. The SMILES string of the molecule is Fc1cccc(Cn2cc(CNC3CC3)nn2)c1Cl. The van der Waals surface area contributed by atoms with Crippen LogP contribution < -0.4 is 5.32 Å². The normalized spacial score (nSPS) is 14.8. The third-order valence-electron chi connectivity index (χ3n) is 3.10. The van der Waals surface area contributed by atoms with Gasteiger partial charge in [0.15, 0.2) is 0 Å². The molecule has 1 heterocycles. The van der Waals surface area contributed by atoms with Crippen LogP contribution in [0, 0.1) is 5.82 Å². The Morgan fingerprint density at radius 3 is 3.05 bits per heavy atom. The summed E-state index contributed by atoms with van der Waals surface area (Å²) in [5, 5.41) is 11.6. The Morgan fingerprint density at radius 2 is 2.26 bits per heavy atom. The Bertz CT molecular complexity index is 580. The highest BCUT2D eigenvalue weighted by Gasteiger charge is 2.20. The lowest BCUT2D eigenvalue weighted by Crippen LogP contribution is -2.15. The van der Waals surface area contributed by atoms with Crippen molar-refractivity contribution in [3.8, 4) is 0 Å². The second-order valence-electron chi connectivity index (χ2n) is 4.78. The first-order valence-corrected chi connectivity index (χ1v) is 6.65. The maximum atomic E-state index is 13.3. The Labute approximate surface area is 115 Å². The van der Waals surface area contributed by atoms with E-state index in [0.717, 1.165) is 12.2 Å². The van der Waals surface area contributed by atoms with Crippen molar-refractivity contribution >= 4 is 11.6 Å². The summed E-state index contributed by atoms with van der Waals surface area (Å²) >= 11 is 5.91. The minimum atomic E-state index is -0.407. The summed E-state index contributed by atoms with van der Waals surface area (Å²) < 4.78 is 15.0. The molecule has 0 unspecified atom stereocenters. The van der Waals surface area contributed by atoms with E-state index >= 15 is 0 Å². The second-order valence-corrected chi connectivity index (χ2v) is 5.15. The van der Waals surface area contributed by atoms with Crippen LogP contribution >= 0.6 is 11.6 Å². The van der Waals surface area contributed by atoms with Crippen molar-refractivity contribution < 1.29 is 4.39 Å². The summed E-state index contributed by atoms with van der Waals surface area (Å²) in [5.74, 6) is -0.407. The lowest BCUT2D eigenvalue weighted by atomic mass is 10.2. The highest BCUT2D eigenvalue weighted by Crippen LogP contribution is 2.21. The first kappa shape index (κ1) is 12.6. The second kappa shape index (κ2) is 5.27. The lowest BCUT2D eigenvalue weighted by Gasteiger charge is -2.04. The first-order chi connectivity index (χ1) is 9.22. The van der Waals surface area contributed by atoms with Crippen molar-refractivity contribution in [2.24, 2.45) is 0 Å². The van der Waals surface area contributed by atoms with Gasteiger partial charge in [0.2, 0.25) is 0 Å². The van der Waals surface area contributed by atoms with Crippen LogP contribution in [0.25, 0.3) is 0 Å². The molecule has 0 atom stereocenters.